The van der Waals surface area contributed by atoms with Crippen LogP contribution in [0.5, 0.6) is 0 Å². The summed E-state index contributed by atoms with van der Waals surface area (Å²) in [5, 5.41) is 3.17. The van der Waals surface area contributed by atoms with Gasteiger partial charge in [0.1, 0.15) is 0 Å². The van der Waals surface area contributed by atoms with Gasteiger partial charge in [-0.05, 0) is 30.7 Å². The van der Waals surface area contributed by atoms with Crippen LogP contribution < -0.4 is 10.2 Å². The smallest absolute Gasteiger partial charge is 0.307 e. The zero-order valence-corrected chi connectivity index (χ0v) is 10.5. The highest BCUT2D eigenvalue weighted by molar-refractivity contribution is 7.16. The van der Waals surface area contributed by atoms with Crippen LogP contribution in [0, 0.1) is 0 Å². The predicted octanol–water partition coefficient (Wildman–Crippen LogP) is 2.05. The van der Waals surface area contributed by atoms with Crippen LogP contribution in [0.15, 0.2) is 23.0 Å². The number of fused-ring (bicyclic) bond motifs is 1. The molecule has 0 atom stereocenters. The highest BCUT2D eigenvalue weighted by atomic mass is 32.1. The van der Waals surface area contributed by atoms with Crippen molar-refractivity contribution in [1.82, 2.24) is 9.88 Å². The summed E-state index contributed by atoms with van der Waals surface area (Å²) in [6.07, 6.45) is 0.543. The Morgan fingerprint density at radius 2 is 2.29 bits per heavy atom. The normalized spacial score (nSPS) is 11.2. The van der Waals surface area contributed by atoms with Gasteiger partial charge < -0.3 is 9.88 Å². The molecule has 92 valence electrons. The minimum atomic E-state index is -0.285. The summed E-state index contributed by atoms with van der Waals surface area (Å²) in [5.41, 5.74) is 2.09. The fraction of sp³-hybridized carbons (Fsp3) is 0.417. The highest BCUT2D eigenvalue weighted by Gasteiger charge is 2.04. The van der Waals surface area contributed by atoms with E-state index in [9.17, 15) is 9.18 Å². The molecule has 1 aromatic heterocycles. The maximum Gasteiger partial charge on any atom is 0.307 e. The Balaban J connectivity index is 2.12. The van der Waals surface area contributed by atoms with E-state index in [1.54, 1.807) is 11.6 Å². The number of hydrogen-bond acceptors (Lipinski definition) is 3. The van der Waals surface area contributed by atoms with Gasteiger partial charge in [-0.1, -0.05) is 17.4 Å². The average Bonchev–Trinajstić information content (AvgIpc) is 2.61. The number of aromatic nitrogens is 1. The highest BCUT2D eigenvalue weighted by Crippen LogP contribution is 2.18. The van der Waals surface area contributed by atoms with Crippen LogP contribution in [0.3, 0.4) is 0 Å². The number of thiazole rings is 1. The van der Waals surface area contributed by atoms with Crippen molar-refractivity contribution in [2.24, 2.45) is 7.05 Å². The molecular weight excluding hydrogens is 239 g/mol. The maximum atomic E-state index is 11.9. The van der Waals surface area contributed by atoms with Crippen molar-refractivity contribution < 1.29 is 4.39 Å². The molecule has 0 saturated carbocycles. The minimum Gasteiger partial charge on any atom is -0.313 e. The predicted molar refractivity (Wildman–Crippen MR) is 69.4 cm³/mol. The molecule has 2 rings (SSSR count). The van der Waals surface area contributed by atoms with Gasteiger partial charge in [0.15, 0.2) is 0 Å². The lowest BCUT2D eigenvalue weighted by molar-refractivity contribution is 0.459. The summed E-state index contributed by atoms with van der Waals surface area (Å²) in [6.45, 7) is 1.11. The second kappa shape index (κ2) is 5.42. The van der Waals surface area contributed by atoms with E-state index in [2.05, 4.69) is 5.32 Å². The Morgan fingerprint density at radius 1 is 1.47 bits per heavy atom. The molecule has 17 heavy (non-hydrogen) atoms. The molecule has 1 N–H and O–H groups in total. The van der Waals surface area contributed by atoms with E-state index in [1.165, 1.54) is 11.3 Å². The quantitative estimate of drug-likeness (QED) is 0.829. The van der Waals surface area contributed by atoms with Gasteiger partial charge in [0.2, 0.25) is 0 Å². The Morgan fingerprint density at radius 3 is 3.06 bits per heavy atom. The number of alkyl halides is 1. The molecule has 1 aromatic carbocycles. The molecule has 0 radical (unpaired) electrons. The Labute approximate surface area is 103 Å². The molecule has 0 amide bonds. The van der Waals surface area contributed by atoms with E-state index in [4.69, 9.17) is 0 Å². The summed E-state index contributed by atoms with van der Waals surface area (Å²) in [7, 11) is 1.78. The van der Waals surface area contributed by atoms with E-state index < -0.39 is 0 Å². The lowest BCUT2D eigenvalue weighted by Gasteiger charge is -2.03. The van der Waals surface area contributed by atoms with E-state index in [0.29, 0.717) is 19.5 Å². The van der Waals surface area contributed by atoms with Gasteiger partial charge in [-0.15, -0.1) is 0 Å². The minimum absolute atomic E-state index is 0.0579. The third-order valence-electron chi connectivity index (χ3n) is 2.67. The van der Waals surface area contributed by atoms with E-state index in [-0.39, 0.29) is 11.5 Å². The molecule has 0 saturated heterocycles. The number of nitrogens with one attached hydrogen (secondary N) is 1. The molecule has 1 heterocycles. The van der Waals surface area contributed by atoms with Crippen molar-refractivity contribution >= 4 is 21.6 Å². The van der Waals surface area contributed by atoms with Gasteiger partial charge in [0, 0.05) is 13.6 Å². The number of halogens is 1. The zero-order chi connectivity index (χ0) is 12.3. The first-order valence-corrected chi connectivity index (χ1v) is 6.39. The van der Waals surface area contributed by atoms with Crippen LogP contribution in [-0.4, -0.2) is 17.8 Å². The van der Waals surface area contributed by atoms with Gasteiger partial charge in [0.25, 0.3) is 0 Å². The van der Waals surface area contributed by atoms with Crippen molar-refractivity contribution in [2.75, 3.05) is 13.2 Å². The van der Waals surface area contributed by atoms with Crippen molar-refractivity contribution in [1.29, 1.82) is 0 Å². The van der Waals surface area contributed by atoms with Crippen molar-refractivity contribution in [3.63, 3.8) is 0 Å². The number of aryl methyl sites for hydroxylation is 1. The number of benzene rings is 1. The molecule has 2 aromatic rings. The summed E-state index contributed by atoms with van der Waals surface area (Å²) >= 11 is 1.26. The molecule has 0 spiro atoms. The summed E-state index contributed by atoms with van der Waals surface area (Å²) in [5.74, 6) is 0. The summed E-state index contributed by atoms with van der Waals surface area (Å²) < 4.78 is 14.6. The molecule has 0 unspecified atom stereocenters. The first kappa shape index (κ1) is 12.3. The molecule has 0 aliphatic heterocycles. The third-order valence-corrected chi connectivity index (χ3v) is 3.67. The number of hydrogen-bond donors (Lipinski definition) is 1. The molecule has 0 bridgehead atoms. The third kappa shape index (κ3) is 2.73. The molecule has 0 fully saturated rings. The molecular formula is C12H15FN2OS. The van der Waals surface area contributed by atoms with Crippen molar-refractivity contribution in [2.45, 2.75) is 13.0 Å². The van der Waals surface area contributed by atoms with Gasteiger partial charge in [0.05, 0.1) is 16.9 Å². The second-order valence-electron chi connectivity index (χ2n) is 3.95. The van der Waals surface area contributed by atoms with E-state index in [0.717, 1.165) is 15.8 Å². The first-order chi connectivity index (χ1) is 8.22. The maximum absolute atomic E-state index is 11.9. The van der Waals surface area contributed by atoms with Crippen LogP contribution in [0.25, 0.3) is 10.2 Å². The van der Waals surface area contributed by atoms with Crippen molar-refractivity contribution in [3.05, 3.63) is 33.4 Å². The standard InChI is InChI=1S/C12H15FN2OS/c1-15-10-4-3-9(8-14-6-2-5-13)7-11(10)17-12(15)16/h3-4,7,14H,2,5-6,8H2,1H3. The lowest BCUT2D eigenvalue weighted by atomic mass is 10.2. The van der Waals surface area contributed by atoms with Gasteiger partial charge in [-0.2, -0.15) is 0 Å². The topological polar surface area (TPSA) is 34.0 Å². The van der Waals surface area contributed by atoms with Crippen LogP contribution in [-0.2, 0) is 13.6 Å². The Kier molecular flexibility index (Phi) is 3.91. The molecule has 5 heteroatoms. The fourth-order valence-corrected chi connectivity index (χ4v) is 2.66. The lowest BCUT2D eigenvalue weighted by Crippen LogP contribution is -2.15. The van der Waals surface area contributed by atoms with E-state index >= 15 is 0 Å². The number of nitrogens with zero attached hydrogens (tertiary/aromatic N) is 1. The average molecular weight is 254 g/mol. The Bertz CT molecular complexity index is 561. The van der Waals surface area contributed by atoms with Crippen LogP contribution in [0.2, 0.25) is 0 Å². The van der Waals surface area contributed by atoms with Gasteiger partial charge in [-0.25, -0.2) is 0 Å². The molecule has 0 aliphatic rings. The monoisotopic (exact) mass is 254 g/mol. The summed E-state index contributed by atoms with van der Waals surface area (Å²) in [6, 6.07) is 5.97. The second-order valence-corrected chi connectivity index (χ2v) is 4.94. The van der Waals surface area contributed by atoms with Gasteiger partial charge >= 0.3 is 4.87 Å². The summed E-state index contributed by atoms with van der Waals surface area (Å²) in [4.78, 5) is 11.5. The van der Waals surface area contributed by atoms with Crippen LogP contribution in [0.1, 0.15) is 12.0 Å². The zero-order valence-electron chi connectivity index (χ0n) is 9.70. The first-order valence-electron chi connectivity index (χ1n) is 5.57. The van der Waals surface area contributed by atoms with Crippen LogP contribution in [0.4, 0.5) is 4.39 Å². The molecule has 3 nitrogen and oxygen atoms in total. The van der Waals surface area contributed by atoms with E-state index in [1.807, 2.05) is 18.2 Å². The Hall–Kier alpha value is -1.20. The SMILES string of the molecule is Cn1c(=O)sc2cc(CNCCCF)ccc21. The fourth-order valence-electron chi connectivity index (χ4n) is 1.71. The van der Waals surface area contributed by atoms with Crippen molar-refractivity contribution in [3.8, 4) is 0 Å². The van der Waals surface area contributed by atoms with Gasteiger partial charge in [-0.3, -0.25) is 9.18 Å². The largest absolute Gasteiger partial charge is 0.313 e. The molecule has 0 aliphatic carbocycles. The number of rotatable bonds is 5. The van der Waals surface area contributed by atoms with Crippen LogP contribution >= 0.6 is 11.3 Å².